The second-order valence-electron chi connectivity index (χ2n) is 6.83. The third kappa shape index (κ3) is 4.73. The number of pyridine rings is 1. The Morgan fingerprint density at radius 2 is 1.91 bits per heavy atom. The van der Waals surface area contributed by atoms with E-state index in [9.17, 15) is 9.59 Å². The predicted molar refractivity (Wildman–Crippen MR) is 121 cm³/mol. The number of nitrogens with zero attached hydrogens (tertiary/aromatic N) is 2. The van der Waals surface area contributed by atoms with Gasteiger partial charge in [0.05, 0.1) is 37.6 Å². The minimum atomic E-state index is -0.616. The van der Waals surface area contributed by atoms with Gasteiger partial charge in [-0.1, -0.05) is 12.1 Å². The van der Waals surface area contributed by atoms with E-state index < -0.39 is 5.97 Å². The standard InChI is InChI=1S/C23H21N3O5S/c1-29-19-11-17(23(28)31-14-15-13-26-8-4-3-7-21(26)24-15)18(12-20(19)30-2)25-22(27)10-16-6-5-9-32-16/h3-9,11-13H,10,14H2,1-2H3,(H,25,27). The molecule has 0 fully saturated rings. The van der Waals surface area contributed by atoms with Gasteiger partial charge >= 0.3 is 5.97 Å². The van der Waals surface area contributed by atoms with E-state index in [-0.39, 0.29) is 30.2 Å². The van der Waals surface area contributed by atoms with Crippen LogP contribution in [0.25, 0.3) is 5.65 Å². The number of esters is 1. The van der Waals surface area contributed by atoms with Gasteiger partial charge in [0.25, 0.3) is 0 Å². The molecule has 1 amide bonds. The fourth-order valence-electron chi connectivity index (χ4n) is 3.19. The van der Waals surface area contributed by atoms with Gasteiger partial charge in [-0.3, -0.25) is 4.79 Å². The van der Waals surface area contributed by atoms with Crippen molar-refractivity contribution in [3.05, 3.63) is 76.4 Å². The van der Waals surface area contributed by atoms with Gasteiger partial charge in [-0.2, -0.15) is 0 Å². The molecule has 9 heteroatoms. The smallest absolute Gasteiger partial charge is 0.340 e. The molecule has 0 bridgehead atoms. The van der Waals surface area contributed by atoms with Gasteiger partial charge in [-0.15, -0.1) is 11.3 Å². The quantitative estimate of drug-likeness (QED) is 0.408. The number of amides is 1. The predicted octanol–water partition coefficient (Wildman–Crippen LogP) is 3.95. The highest BCUT2D eigenvalue weighted by Crippen LogP contribution is 2.34. The first kappa shape index (κ1) is 21.4. The Balaban J connectivity index is 1.55. The van der Waals surface area contributed by atoms with Crippen molar-refractivity contribution < 1.29 is 23.8 Å². The summed E-state index contributed by atoms with van der Waals surface area (Å²) in [6.07, 6.45) is 3.85. The second-order valence-corrected chi connectivity index (χ2v) is 7.86. The molecule has 3 heterocycles. The van der Waals surface area contributed by atoms with Crippen LogP contribution >= 0.6 is 11.3 Å². The molecule has 0 aliphatic carbocycles. The molecule has 0 radical (unpaired) electrons. The number of rotatable bonds is 8. The summed E-state index contributed by atoms with van der Waals surface area (Å²) in [5.74, 6) is -0.136. The summed E-state index contributed by atoms with van der Waals surface area (Å²) in [5.41, 5.74) is 1.80. The van der Waals surface area contributed by atoms with Gasteiger partial charge in [0.1, 0.15) is 12.3 Å². The Labute approximate surface area is 188 Å². The van der Waals surface area contributed by atoms with Crippen molar-refractivity contribution in [1.29, 1.82) is 0 Å². The molecular formula is C23H21N3O5S. The maximum absolute atomic E-state index is 12.9. The molecule has 0 saturated heterocycles. The highest BCUT2D eigenvalue weighted by atomic mass is 32.1. The van der Waals surface area contributed by atoms with Crippen LogP contribution in [-0.4, -0.2) is 35.5 Å². The van der Waals surface area contributed by atoms with Crippen molar-refractivity contribution >= 4 is 34.5 Å². The third-order valence-corrected chi connectivity index (χ3v) is 5.57. The summed E-state index contributed by atoms with van der Waals surface area (Å²) < 4.78 is 18.0. The van der Waals surface area contributed by atoms with Gasteiger partial charge in [0.15, 0.2) is 11.5 Å². The molecule has 1 N–H and O–H groups in total. The Morgan fingerprint density at radius 1 is 1.09 bits per heavy atom. The molecule has 164 valence electrons. The molecule has 0 spiro atoms. The molecule has 0 aliphatic rings. The number of aromatic nitrogens is 2. The minimum Gasteiger partial charge on any atom is -0.493 e. The number of ether oxygens (including phenoxy) is 3. The fourth-order valence-corrected chi connectivity index (χ4v) is 3.89. The molecular weight excluding hydrogens is 430 g/mol. The number of thiophene rings is 1. The lowest BCUT2D eigenvalue weighted by atomic mass is 10.1. The first-order chi connectivity index (χ1) is 15.6. The normalized spacial score (nSPS) is 10.7. The number of hydrogen-bond acceptors (Lipinski definition) is 7. The summed E-state index contributed by atoms with van der Waals surface area (Å²) in [5, 5.41) is 4.69. The van der Waals surface area contributed by atoms with Crippen LogP contribution in [0.3, 0.4) is 0 Å². The molecule has 4 rings (SSSR count). The Morgan fingerprint density at radius 3 is 2.62 bits per heavy atom. The molecule has 0 atom stereocenters. The van der Waals surface area contributed by atoms with Crippen molar-refractivity contribution in [1.82, 2.24) is 9.38 Å². The van der Waals surface area contributed by atoms with E-state index in [1.807, 2.05) is 46.3 Å². The fraction of sp³-hybridized carbons (Fsp3) is 0.174. The number of anilines is 1. The van der Waals surface area contributed by atoms with Gasteiger partial charge in [0, 0.05) is 29.4 Å². The van der Waals surface area contributed by atoms with Crippen LogP contribution in [-0.2, 0) is 22.6 Å². The van der Waals surface area contributed by atoms with Crippen LogP contribution in [0.5, 0.6) is 11.5 Å². The molecule has 0 unspecified atom stereocenters. The lowest BCUT2D eigenvalue weighted by Crippen LogP contribution is -2.17. The van der Waals surface area contributed by atoms with Crippen LogP contribution in [0, 0.1) is 0 Å². The van der Waals surface area contributed by atoms with Crippen LogP contribution in [0.1, 0.15) is 20.9 Å². The van der Waals surface area contributed by atoms with Crippen molar-refractivity contribution in [2.45, 2.75) is 13.0 Å². The maximum Gasteiger partial charge on any atom is 0.340 e. The zero-order valence-electron chi connectivity index (χ0n) is 17.5. The zero-order valence-corrected chi connectivity index (χ0v) is 18.3. The van der Waals surface area contributed by atoms with Crippen molar-refractivity contribution in [3.63, 3.8) is 0 Å². The van der Waals surface area contributed by atoms with Crippen LogP contribution in [0.2, 0.25) is 0 Å². The van der Waals surface area contributed by atoms with Crippen molar-refractivity contribution in [2.75, 3.05) is 19.5 Å². The first-order valence-corrected chi connectivity index (χ1v) is 10.6. The average molecular weight is 452 g/mol. The van der Waals surface area contributed by atoms with E-state index in [0.717, 1.165) is 10.5 Å². The van der Waals surface area contributed by atoms with Crippen LogP contribution in [0.4, 0.5) is 5.69 Å². The molecule has 1 aromatic carbocycles. The molecule has 8 nitrogen and oxygen atoms in total. The molecule has 4 aromatic rings. The average Bonchev–Trinajstić information content (AvgIpc) is 3.46. The van der Waals surface area contributed by atoms with Crippen LogP contribution < -0.4 is 14.8 Å². The Bertz CT molecular complexity index is 1220. The lowest BCUT2D eigenvalue weighted by Gasteiger charge is -2.15. The summed E-state index contributed by atoms with van der Waals surface area (Å²) >= 11 is 1.49. The van der Waals surface area contributed by atoms with Gasteiger partial charge in [0.2, 0.25) is 5.91 Å². The van der Waals surface area contributed by atoms with Crippen molar-refractivity contribution in [2.24, 2.45) is 0 Å². The van der Waals surface area contributed by atoms with Gasteiger partial charge in [-0.25, -0.2) is 9.78 Å². The number of carbonyl (C=O) groups excluding carboxylic acids is 2. The third-order valence-electron chi connectivity index (χ3n) is 4.70. The van der Waals surface area contributed by atoms with E-state index in [1.54, 1.807) is 12.3 Å². The largest absolute Gasteiger partial charge is 0.493 e. The number of fused-ring (bicyclic) bond motifs is 1. The molecule has 0 saturated carbocycles. The Hall–Kier alpha value is -3.85. The topological polar surface area (TPSA) is 91.2 Å². The highest BCUT2D eigenvalue weighted by molar-refractivity contribution is 7.10. The highest BCUT2D eigenvalue weighted by Gasteiger charge is 2.20. The van der Waals surface area contributed by atoms with E-state index in [1.165, 1.54) is 31.6 Å². The molecule has 32 heavy (non-hydrogen) atoms. The number of methoxy groups -OCH3 is 2. The minimum absolute atomic E-state index is 0.0164. The number of carbonyl (C=O) groups is 2. The van der Waals surface area contributed by atoms with E-state index >= 15 is 0 Å². The molecule has 3 aromatic heterocycles. The SMILES string of the molecule is COc1cc(NC(=O)Cc2cccs2)c(C(=O)OCc2cn3ccccc3n2)cc1OC. The Kier molecular flexibility index (Phi) is 6.37. The maximum atomic E-state index is 12.9. The number of nitrogens with one attached hydrogen (secondary N) is 1. The van der Waals surface area contributed by atoms with E-state index in [0.29, 0.717) is 17.2 Å². The number of imidazole rings is 1. The summed E-state index contributed by atoms with van der Waals surface area (Å²) in [7, 11) is 2.95. The van der Waals surface area contributed by atoms with Gasteiger partial charge in [-0.05, 0) is 23.6 Å². The second kappa shape index (κ2) is 9.52. The van der Waals surface area contributed by atoms with Gasteiger partial charge < -0.3 is 23.9 Å². The van der Waals surface area contributed by atoms with E-state index in [4.69, 9.17) is 14.2 Å². The van der Waals surface area contributed by atoms with E-state index in [2.05, 4.69) is 10.3 Å². The summed E-state index contributed by atoms with van der Waals surface area (Å²) in [6, 6.07) is 12.4. The number of benzene rings is 1. The summed E-state index contributed by atoms with van der Waals surface area (Å²) in [6.45, 7) is -0.0164. The lowest BCUT2D eigenvalue weighted by molar-refractivity contribution is -0.115. The van der Waals surface area contributed by atoms with Crippen LogP contribution in [0.15, 0.2) is 60.2 Å². The zero-order chi connectivity index (χ0) is 22.5. The monoisotopic (exact) mass is 451 g/mol. The molecule has 0 aliphatic heterocycles. The summed E-state index contributed by atoms with van der Waals surface area (Å²) in [4.78, 5) is 30.8. The number of hydrogen-bond donors (Lipinski definition) is 1. The van der Waals surface area contributed by atoms with Crippen molar-refractivity contribution in [3.8, 4) is 11.5 Å². The first-order valence-electron chi connectivity index (χ1n) is 9.75.